The standard InChI is InChI=1S/C5H16NO9P3/c1-2-6(3-16(7,8)9,4-17(10,11)12)5-18(13,14)15/h2-5H2,1H3,(H5-,7,8,9,10,11,12,13,14,15)/p+1. The molecule has 0 radical (unpaired) electrons. The van der Waals surface area contributed by atoms with E-state index in [1.807, 2.05) is 0 Å². The van der Waals surface area contributed by atoms with Gasteiger partial charge in [0.05, 0.1) is 6.54 Å². The Morgan fingerprint density at radius 2 is 0.944 bits per heavy atom. The Labute approximate surface area is 103 Å². The predicted molar refractivity (Wildman–Crippen MR) is 61.5 cm³/mol. The van der Waals surface area contributed by atoms with Gasteiger partial charge in [0.25, 0.3) is 0 Å². The van der Waals surface area contributed by atoms with Crippen molar-refractivity contribution >= 4 is 22.8 Å². The van der Waals surface area contributed by atoms with Crippen LogP contribution in [0.15, 0.2) is 0 Å². The summed E-state index contributed by atoms with van der Waals surface area (Å²) in [5.74, 6) is 0. The highest BCUT2D eigenvalue weighted by Gasteiger charge is 2.44. The molecule has 0 atom stereocenters. The smallest absolute Gasteiger partial charge is 0.321 e. The van der Waals surface area contributed by atoms with Crippen LogP contribution in [-0.4, -0.2) is 59.2 Å². The van der Waals surface area contributed by atoms with Gasteiger partial charge in [0.1, 0.15) is 0 Å². The molecule has 0 heterocycles. The largest absolute Gasteiger partial charge is 0.379 e. The van der Waals surface area contributed by atoms with E-state index in [2.05, 4.69) is 0 Å². The molecular weight excluding hydrogens is 311 g/mol. The van der Waals surface area contributed by atoms with E-state index >= 15 is 0 Å². The molecule has 10 nitrogen and oxygen atoms in total. The number of quaternary nitrogens is 1. The van der Waals surface area contributed by atoms with Gasteiger partial charge < -0.3 is 29.4 Å². The lowest BCUT2D eigenvalue weighted by molar-refractivity contribution is -0.896. The summed E-state index contributed by atoms with van der Waals surface area (Å²) < 4.78 is 31.8. The van der Waals surface area contributed by atoms with Gasteiger partial charge in [0.2, 0.25) is 0 Å². The molecule has 0 aliphatic rings. The second-order valence-corrected chi connectivity index (χ2v) is 8.91. The lowest BCUT2D eigenvalue weighted by Gasteiger charge is -2.37. The molecule has 0 spiro atoms. The number of nitrogens with zero attached hydrogens (tertiary/aromatic N) is 1. The van der Waals surface area contributed by atoms with E-state index in [-0.39, 0.29) is 6.54 Å². The van der Waals surface area contributed by atoms with Crippen molar-refractivity contribution in [3.63, 3.8) is 0 Å². The van der Waals surface area contributed by atoms with Crippen LogP contribution < -0.4 is 0 Å². The Hall–Kier alpha value is 0.410. The Balaban J connectivity index is 5.40. The average molecular weight is 328 g/mol. The molecule has 0 aromatic heterocycles. The molecule has 0 aromatic rings. The average Bonchev–Trinajstić information content (AvgIpc) is 1.93. The molecule has 18 heavy (non-hydrogen) atoms. The van der Waals surface area contributed by atoms with Gasteiger partial charge in [-0.05, 0) is 6.92 Å². The van der Waals surface area contributed by atoms with E-state index < -0.39 is 46.1 Å². The van der Waals surface area contributed by atoms with Gasteiger partial charge in [-0.15, -0.1) is 0 Å². The fourth-order valence-corrected chi connectivity index (χ4v) is 5.62. The maximum atomic E-state index is 11.0. The summed E-state index contributed by atoms with van der Waals surface area (Å²) >= 11 is 0. The lowest BCUT2D eigenvalue weighted by Crippen LogP contribution is -2.49. The summed E-state index contributed by atoms with van der Waals surface area (Å²) in [4.78, 5) is 53.2. The molecule has 0 aromatic carbocycles. The van der Waals surface area contributed by atoms with Crippen LogP contribution in [-0.2, 0) is 13.7 Å². The monoisotopic (exact) mass is 328 g/mol. The quantitative estimate of drug-likeness (QED) is 0.259. The van der Waals surface area contributed by atoms with Crippen LogP contribution in [0.4, 0.5) is 0 Å². The summed E-state index contributed by atoms with van der Waals surface area (Å²) in [5, 5.41) is 0. The molecule has 0 aliphatic carbocycles. The minimum Gasteiger partial charge on any atom is -0.321 e. The fraction of sp³-hybridized carbons (Fsp3) is 1.00. The van der Waals surface area contributed by atoms with Crippen molar-refractivity contribution < 1.29 is 47.5 Å². The van der Waals surface area contributed by atoms with Gasteiger partial charge in [-0.3, -0.25) is 18.2 Å². The van der Waals surface area contributed by atoms with E-state index in [4.69, 9.17) is 29.4 Å². The van der Waals surface area contributed by atoms with Crippen LogP contribution in [0.3, 0.4) is 0 Å². The topological polar surface area (TPSA) is 173 Å². The van der Waals surface area contributed by atoms with Crippen molar-refractivity contribution in [1.29, 1.82) is 0 Å². The van der Waals surface area contributed by atoms with Crippen LogP contribution in [0.25, 0.3) is 0 Å². The van der Waals surface area contributed by atoms with Crippen LogP contribution in [0, 0.1) is 0 Å². The summed E-state index contributed by atoms with van der Waals surface area (Å²) in [6.45, 7) is 1.10. The Kier molecular flexibility index (Phi) is 5.94. The van der Waals surface area contributed by atoms with E-state index in [1.54, 1.807) is 0 Å². The maximum absolute atomic E-state index is 11.0. The third kappa shape index (κ3) is 8.50. The van der Waals surface area contributed by atoms with Gasteiger partial charge in [0.15, 0.2) is 18.9 Å². The SMILES string of the molecule is CC[N+](CP(=O)(O)O)(CP(=O)(O)O)CP(=O)(O)O. The number of hydrogen-bond acceptors (Lipinski definition) is 3. The van der Waals surface area contributed by atoms with Gasteiger partial charge in [-0.2, -0.15) is 0 Å². The third-order valence-electron chi connectivity index (χ3n) is 2.12. The first kappa shape index (κ1) is 18.4. The van der Waals surface area contributed by atoms with Crippen molar-refractivity contribution in [3.05, 3.63) is 0 Å². The molecule has 0 saturated carbocycles. The van der Waals surface area contributed by atoms with Gasteiger partial charge in [-0.1, -0.05) is 0 Å². The van der Waals surface area contributed by atoms with Gasteiger partial charge in [-0.25, -0.2) is 0 Å². The Morgan fingerprint density at radius 3 is 1.06 bits per heavy atom. The number of rotatable bonds is 7. The molecule has 0 amide bonds. The van der Waals surface area contributed by atoms with Crippen molar-refractivity contribution in [1.82, 2.24) is 0 Å². The van der Waals surface area contributed by atoms with Crippen molar-refractivity contribution in [2.24, 2.45) is 0 Å². The van der Waals surface area contributed by atoms with E-state index in [1.165, 1.54) is 6.92 Å². The molecule has 0 saturated heterocycles. The highest BCUT2D eigenvalue weighted by atomic mass is 31.2. The maximum Gasteiger partial charge on any atom is 0.379 e. The summed E-state index contributed by atoms with van der Waals surface area (Å²) in [6.07, 6.45) is -3.13. The van der Waals surface area contributed by atoms with Gasteiger partial charge >= 0.3 is 22.8 Å². The minimum absolute atomic E-state index is 0.235. The zero-order chi connectivity index (χ0) is 14.8. The molecule has 110 valence electrons. The zero-order valence-electron chi connectivity index (χ0n) is 9.53. The van der Waals surface area contributed by atoms with Crippen LogP contribution in [0.1, 0.15) is 6.92 Å². The van der Waals surface area contributed by atoms with Crippen LogP contribution in [0.2, 0.25) is 0 Å². The molecular formula is C5H17NO9P3+. The Bertz CT molecular complexity index is 358. The zero-order valence-corrected chi connectivity index (χ0v) is 12.2. The number of hydrogen-bond donors (Lipinski definition) is 6. The second kappa shape index (κ2) is 5.81. The van der Waals surface area contributed by atoms with E-state index in [0.29, 0.717) is 0 Å². The highest BCUT2D eigenvalue weighted by Crippen LogP contribution is 2.49. The molecule has 0 fully saturated rings. The van der Waals surface area contributed by atoms with Crippen LogP contribution in [0.5, 0.6) is 0 Å². The van der Waals surface area contributed by atoms with Crippen molar-refractivity contribution in [3.8, 4) is 0 Å². The van der Waals surface area contributed by atoms with E-state index in [0.717, 1.165) is 0 Å². The molecule has 13 heteroatoms. The van der Waals surface area contributed by atoms with Crippen LogP contribution >= 0.6 is 22.8 Å². The predicted octanol–water partition coefficient (Wildman–Crippen LogP) is -0.771. The molecule has 0 unspecified atom stereocenters. The molecule has 0 aliphatic heterocycles. The molecule has 0 bridgehead atoms. The second-order valence-electron chi connectivity index (χ2n) is 4.08. The normalized spacial score (nSPS) is 14.8. The summed E-state index contributed by atoms with van der Waals surface area (Å²) in [6, 6.07) is 0. The van der Waals surface area contributed by atoms with E-state index in [9.17, 15) is 13.7 Å². The third-order valence-corrected chi connectivity index (χ3v) is 5.03. The van der Waals surface area contributed by atoms with Gasteiger partial charge in [0, 0.05) is 0 Å². The van der Waals surface area contributed by atoms with Crippen molar-refractivity contribution in [2.45, 2.75) is 6.92 Å². The summed E-state index contributed by atoms with van der Waals surface area (Å²) in [7, 11) is -14.1. The highest BCUT2D eigenvalue weighted by molar-refractivity contribution is 7.53. The molecule has 6 N–H and O–H groups in total. The van der Waals surface area contributed by atoms with Crippen molar-refractivity contribution in [2.75, 3.05) is 25.4 Å². The fourth-order valence-electron chi connectivity index (χ4n) is 1.61. The summed E-state index contributed by atoms with van der Waals surface area (Å²) in [5.41, 5.74) is 0. The first-order valence-electron chi connectivity index (χ1n) is 4.67. The Morgan fingerprint density at radius 1 is 0.722 bits per heavy atom. The minimum atomic E-state index is -4.69. The first-order chi connectivity index (χ1) is 7.68. The lowest BCUT2D eigenvalue weighted by atomic mass is 10.6. The first-order valence-corrected chi connectivity index (χ1v) is 10.1. The molecule has 0 rings (SSSR count).